The molecule has 2 aromatic carbocycles. The van der Waals surface area contributed by atoms with Gasteiger partial charge in [-0.15, -0.1) is 0 Å². The molecule has 2 aliphatic rings. The van der Waals surface area contributed by atoms with Crippen molar-refractivity contribution in [3.63, 3.8) is 0 Å². The summed E-state index contributed by atoms with van der Waals surface area (Å²) in [5.74, 6) is 4.65. The van der Waals surface area contributed by atoms with E-state index >= 15 is 0 Å². The highest BCUT2D eigenvalue weighted by Crippen LogP contribution is 2.47. The molecule has 0 unspecified atom stereocenters. The van der Waals surface area contributed by atoms with E-state index in [1.54, 1.807) is 18.9 Å². The van der Waals surface area contributed by atoms with Crippen LogP contribution in [0.3, 0.4) is 0 Å². The minimum atomic E-state index is 0.259. The molecule has 0 bridgehead atoms. The van der Waals surface area contributed by atoms with Gasteiger partial charge >= 0.3 is 0 Å². The van der Waals surface area contributed by atoms with E-state index in [4.69, 9.17) is 18.9 Å². The number of likely N-dealkylation sites (tertiary alicyclic amines) is 1. The van der Waals surface area contributed by atoms with Crippen LogP contribution in [0.25, 0.3) is 0 Å². The van der Waals surface area contributed by atoms with Crippen molar-refractivity contribution >= 4 is 11.8 Å². The summed E-state index contributed by atoms with van der Waals surface area (Å²) in [6, 6.07) is 13.3. The summed E-state index contributed by atoms with van der Waals surface area (Å²) < 4.78 is 22.5. The van der Waals surface area contributed by atoms with Crippen LogP contribution in [0, 0.1) is 0 Å². The Morgan fingerprint density at radius 1 is 1.14 bits per heavy atom. The summed E-state index contributed by atoms with van der Waals surface area (Å²) in [5, 5.41) is 0. The van der Waals surface area contributed by atoms with Crippen LogP contribution in [-0.2, 0) is 0 Å². The minimum absolute atomic E-state index is 0.259. The highest BCUT2D eigenvalue weighted by atomic mass is 32.2. The number of thioether (sulfide) groups is 1. The highest BCUT2D eigenvalue weighted by molar-refractivity contribution is 7.98. The van der Waals surface area contributed by atoms with Gasteiger partial charge in [-0.05, 0) is 60.5 Å². The van der Waals surface area contributed by atoms with Gasteiger partial charge in [0, 0.05) is 18.3 Å². The fourth-order valence-corrected chi connectivity index (χ4v) is 4.51. The molecular weight excluding hydrogens is 386 g/mol. The predicted octanol–water partition coefficient (Wildman–Crippen LogP) is 4.72. The van der Waals surface area contributed by atoms with E-state index in [2.05, 4.69) is 54.5 Å². The molecule has 5 nitrogen and oxygen atoms in total. The smallest absolute Gasteiger partial charge is 0.231 e. The summed E-state index contributed by atoms with van der Waals surface area (Å²) in [6.07, 6.45) is 3.17. The van der Waals surface area contributed by atoms with Crippen molar-refractivity contribution < 1.29 is 18.9 Å². The molecule has 0 amide bonds. The van der Waals surface area contributed by atoms with Crippen molar-refractivity contribution in [3.05, 3.63) is 47.5 Å². The molecule has 156 valence electrons. The van der Waals surface area contributed by atoms with E-state index in [-0.39, 0.29) is 6.79 Å². The number of hydrogen-bond acceptors (Lipinski definition) is 6. The third kappa shape index (κ3) is 4.28. The van der Waals surface area contributed by atoms with E-state index in [1.165, 1.54) is 11.1 Å². The second kappa shape index (κ2) is 9.18. The Kier molecular flexibility index (Phi) is 6.40. The molecule has 2 atom stereocenters. The van der Waals surface area contributed by atoms with Gasteiger partial charge in [0.05, 0.1) is 13.7 Å². The number of benzene rings is 2. The molecular formula is C23H29NO4S. The molecule has 0 N–H and O–H groups in total. The lowest BCUT2D eigenvalue weighted by molar-refractivity contribution is 0.171. The third-order valence-electron chi connectivity index (χ3n) is 5.78. The zero-order valence-corrected chi connectivity index (χ0v) is 18.2. The monoisotopic (exact) mass is 415 g/mol. The van der Waals surface area contributed by atoms with E-state index in [9.17, 15) is 0 Å². The summed E-state index contributed by atoms with van der Waals surface area (Å²) in [6.45, 7) is 5.29. The normalized spacial score (nSPS) is 20.8. The standard InChI is InChI=1S/C23H29NO4S/c1-4-24-14-18(17-12-21(25-2)23-22(13-17)27-15-28-23)11-20(24)16-5-7-19(8-6-16)26-9-10-29-3/h5-8,12-13,18,20H,4,9-11,14-15H2,1-3H3/t18-,20-/m1/s1. The van der Waals surface area contributed by atoms with Crippen LogP contribution in [-0.4, -0.2) is 50.5 Å². The van der Waals surface area contributed by atoms with Crippen molar-refractivity contribution in [2.45, 2.75) is 25.3 Å². The molecule has 1 fully saturated rings. The van der Waals surface area contributed by atoms with Crippen molar-refractivity contribution in [3.8, 4) is 23.0 Å². The number of nitrogens with zero attached hydrogens (tertiary/aromatic N) is 1. The maximum Gasteiger partial charge on any atom is 0.231 e. The van der Waals surface area contributed by atoms with Crippen molar-refractivity contribution in [2.75, 3.05) is 45.6 Å². The van der Waals surface area contributed by atoms with Gasteiger partial charge in [0.1, 0.15) is 5.75 Å². The summed E-state index contributed by atoms with van der Waals surface area (Å²) in [4.78, 5) is 2.55. The van der Waals surface area contributed by atoms with E-state index in [1.807, 2.05) is 0 Å². The Labute approximate surface area is 177 Å². The summed E-state index contributed by atoms with van der Waals surface area (Å²) in [5.41, 5.74) is 2.60. The van der Waals surface area contributed by atoms with Gasteiger partial charge in [0.2, 0.25) is 12.5 Å². The molecule has 4 rings (SSSR count). The second-order valence-electron chi connectivity index (χ2n) is 7.40. The molecule has 2 aliphatic heterocycles. The first kappa shape index (κ1) is 20.2. The lowest BCUT2D eigenvalue weighted by atomic mass is 9.93. The Hall–Kier alpha value is -2.05. The van der Waals surface area contributed by atoms with Crippen LogP contribution in [0.1, 0.15) is 36.4 Å². The van der Waals surface area contributed by atoms with Crippen LogP contribution in [0.2, 0.25) is 0 Å². The molecule has 2 heterocycles. The maximum atomic E-state index is 5.80. The average Bonchev–Trinajstić information content (AvgIpc) is 3.40. The van der Waals surface area contributed by atoms with Gasteiger partial charge in [-0.2, -0.15) is 11.8 Å². The first-order valence-electron chi connectivity index (χ1n) is 10.2. The Balaban J connectivity index is 1.51. The first-order chi connectivity index (χ1) is 14.2. The zero-order chi connectivity index (χ0) is 20.2. The molecule has 1 saturated heterocycles. The van der Waals surface area contributed by atoms with Gasteiger partial charge in [-0.3, -0.25) is 4.90 Å². The molecule has 0 spiro atoms. The van der Waals surface area contributed by atoms with Crippen LogP contribution in [0.4, 0.5) is 0 Å². The van der Waals surface area contributed by atoms with Gasteiger partial charge in [0.15, 0.2) is 11.5 Å². The van der Waals surface area contributed by atoms with Crippen molar-refractivity contribution in [2.24, 2.45) is 0 Å². The van der Waals surface area contributed by atoms with Crippen molar-refractivity contribution in [1.29, 1.82) is 0 Å². The number of hydrogen-bond donors (Lipinski definition) is 0. The quantitative estimate of drug-likeness (QED) is 0.581. The topological polar surface area (TPSA) is 40.2 Å². The van der Waals surface area contributed by atoms with Crippen molar-refractivity contribution in [1.82, 2.24) is 4.90 Å². The number of rotatable bonds is 8. The van der Waals surface area contributed by atoms with Gasteiger partial charge in [-0.25, -0.2) is 0 Å². The predicted molar refractivity (Wildman–Crippen MR) is 117 cm³/mol. The lowest BCUT2D eigenvalue weighted by Gasteiger charge is -2.23. The van der Waals surface area contributed by atoms with Crippen LogP contribution in [0.15, 0.2) is 36.4 Å². The Morgan fingerprint density at radius 2 is 1.97 bits per heavy atom. The van der Waals surface area contributed by atoms with E-state index < -0.39 is 0 Å². The molecule has 29 heavy (non-hydrogen) atoms. The van der Waals surface area contributed by atoms with E-state index in [0.29, 0.717) is 12.0 Å². The molecule has 0 saturated carbocycles. The maximum absolute atomic E-state index is 5.80. The zero-order valence-electron chi connectivity index (χ0n) is 17.3. The largest absolute Gasteiger partial charge is 0.493 e. The van der Waals surface area contributed by atoms with E-state index in [0.717, 1.165) is 54.9 Å². The van der Waals surface area contributed by atoms with Gasteiger partial charge in [0.25, 0.3) is 0 Å². The average molecular weight is 416 g/mol. The SMILES string of the molecule is CCN1C[C@H](c2cc(OC)c3c(c2)OCO3)C[C@@H]1c1ccc(OCCSC)cc1. The van der Waals surface area contributed by atoms with Crippen LogP contribution < -0.4 is 18.9 Å². The molecule has 6 heteroatoms. The number of ether oxygens (including phenoxy) is 4. The summed E-state index contributed by atoms with van der Waals surface area (Å²) >= 11 is 1.80. The van der Waals surface area contributed by atoms with Gasteiger partial charge < -0.3 is 18.9 Å². The molecule has 2 aromatic rings. The first-order valence-corrected chi connectivity index (χ1v) is 11.6. The Morgan fingerprint density at radius 3 is 2.69 bits per heavy atom. The fourth-order valence-electron chi connectivity index (χ4n) is 4.26. The third-order valence-corrected chi connectivity index (χ3v) is 6.36. The number of fused-ring (bicyclic) bond motifs is 1. The number of likely N-dealkylation sites (N-methyl/N-ethyl adjacent to an activating group) is 1. The molecule has 0 aliphatic carbocycles. The van der Waals surface area contributed by atoms with Crippen LogP contribution >= 0.6 is 11.8 Å². The Bertz CT molecular complexity index is 826. The second-order valence-corrected chi connectivity index (χ2v) is 8.39. The molecule has 0 radical (unpaired) electrons. The fraction of sp³-hybridized carbons (Fsp3) is 0.478. The van der Waals surface area contributed by atoms with Gasteiger partial charge in [-0.1, -0.05) is 19.1 Å². The highest BCUT2D eigenvalue weighted by Gasteiger charge is 2.34. The number of methoxy groups -OCH3 is 1. The summed E-state index contributed by atoms with van der Waals surface area (Å²) in [7, 11) is 1.68. The molecule has 0 aromatic heterocycles. The lowest BCUT2D eigenvalue weighted by Crippen LogP contribution is -2.23. The minimum Gasteiger partial charge on any atom is -0.493 e. The van der Waals surface area contributed by atoms with Crippen LogP contribution in [0.5, 0.6) is 23.0 Å².